The molecule has 1 aromatic heterocycles. The normalized spacial score (nSPS) is 26.1. The maximum atomic E-state index is 6.06. The monoisotopic (exact) mass is 309 g/mol. The molecule has 0 aromatic carbocycles. The van der Waals surface area contributed by atoms with Crippen LogP contribution in [0, 0.1) is 11.8 Å². The molecule has 2 unspecified atom stereocenters. The van der Waals surface area contributed by atoms with Crippen LogP contribution in [0.15, 0.2) is 0 Å². The highest BCUT2D eigenvalue weighted by Crippen LogP contribution is 2.30. The molecular formula is C15H24ClN5. The minimum atomic E-state index is 0.285. The summed E-state index contributed by atoms with van der Waals surface area (Å²) in [5.74, 6) is 2.92. The van der Waals surface area contributed by atoms with Gasteiger partial charge in [-0.2, -0.15) is 15.0 Å². The van der Waals surface area contributed by atoms with Crippen molar-refractivity contribution in [2.45, 2.75) is 45.4 Å². The van der Waals surface area contributed by atoms with Gasteiger partial charge >= 0.3 is 0 Å². The lowest BCUT2D eigenvalue weighted by Crippen LogP contribution is -2.31. The van der Waals surface area contributed by atoms with E-state index in [4.69, 9.17) is 11.6 Å². The van der Waals surface area contributed by atoms with Crippen molar-refractivity contribution in [3.63, 3.8) is 0 Å². The van der Waals surface area contributed by atoms with Crippen LogP contribution >= 0.6 is 11.6 Å². The molecule has 5 nitrogen and oxygen atoms in total. The Bertz CT molecular complexity index is 475. The first-order valence-electron chi connectivity index (χ1n) is 8.11. The summed E-state index contributed by atoms with van der Waals surface area (Å²) < 4.78 is 0. The Balaban J connectivity index is 1.63. The zero-order valence-electron chi connectivity index (χ0n) is 12.7. The maximum absolute atomic E-state index is 6.06. The lowest BCUT2D eigenvalue weighted by Gasteiger charge is -2.26. The van der Waals surface area contributed by atoms with E-state index in [9.17, 15) is 0 Å². The first kappa shape index (κ1) is 14.8. The highest BCUT2D eigenvalue weighted by molar-refractivity contribution is 6.28. The molecule has 0 radical (unpaired) electrons. The number of rotatable bonds is 4. The fourth-order valence-electron chi connectivity index (χ4n) is 3.40. The number of anilines is 2. The van der Waals surface area contributed by atoms with E-state index in [-0.39, 0.29) is 5.28 Å². The third-order valence-corrected chi connectivity index (χ3v) is 4.76. The van der Waals surface area contributed by atoms with Crippen LogP contribution < -0.4 is 10.2 Å². The molecule has 3 rings (SSSR count). The highest BCUT2D eigenvalue weighted by Gasteiger charge is 2.21. The molecule has 0 spiro atoms. The van der Waals surface area contributed by atoms with Crippen LogP contribution in [0.1, 0.15) is 45.4 Å². The van der Waals surface area contributed by atoms with Crippen LogP contribution in [-0.2, 0) is 0 Å². The van der Waals surface area contributed by atoms with E-state index in [2.05, 4.69) is 32.1 Å². The van der Waals surface area contributed by atoms with Crippen molar-refractivity contribution in [1.82, 2.24) is 15.0 Å². The van der Waals surface area contributed by atoms with E-state index < -0.39 is 0 Å². The zero-order valence-corrected chi connectivity index (χ0v) is 13.4. The number of hydrogen-bond donors (Lipinski definition) is 1. The van der Waals surface area contributed by atoms with Crippen LogP contribution in [0.25, 0.3) is 0 Å². The third kappa shape index (κ3) is 3.96. The predicted octanol–water partition coefficient (Wildman–Crippen LogP) is 3.36. The van der Waals surface area contributed by atoms with E-state index in [1.165, 1.54) is 38.5 Å². The topological polar surface area (TPSA) is 53.9 Å². The number of halogens is 1. The Kier molecular flexibility index (Phi) is 4.78. The van der Waals surface area contributed by atoms with Crippen molar-refractivity contribution in [1.29, 1.82) is 0 Å². The minimum absolute atomic E-state index is 0.285. The Morgan fingerprint density at radius 2 is 1.95 bits per heavy atom. The highest BCUT2D eigenvalue weighted by atomic mass is 35.5. The summed E-state index contributed by atoms with van der Waals surface area (Å²) in [6.07, 6.45) is 7.62. The third-order valence-electron chi connectivity index (χ3n) is 4.59. The number of aromatic nitrogens is 3. The second-order valence-electron chi connectivity index (χ2n) is 6.44. The van der Waals surface area contributed by atoms with E-state index in [0.29, 0.717) is 5.95 Å². The Morgan fingerprint density at radius 3 is 2.67 bits per heavy atom. The van der Waals surface area contributed by atoms with Gasteiger partial charge in [0.2, 0.25) is 17.2 Å². The summed E-state index contributed by atoms with van der Waals surface area (Å²) in [5.41, 5.74) is 0. The smallest absolute Gasteiger partial charge is 0.231 e. The summed E-state index contributed by atoms with van der Waals surface area (Å²) >= 11 is 6.06. The summed E-state index contributed by atoms with van der Waals surface area (Å²) in [5, 5.41) is 3.64. The van der Waals surface area contributed by atoms with E-state index in [1.807, 2.05) is 0 Å². The van der Waals surface area contributed by atoms with E-state index in [1.54, 1.807) is 0 Å². The molecule has 0 bridgehead atoms. The molecule has 116 valence electrons. The van der Waals surface area contributed by atoms with Crippen molar-refractivity contribution < 1.29 is 0 Å². The second-order valence-corrected chi connectivity index (χ2v) is 6.78. The van der Waals surface area contributed by atoms with Crippen LogP contribution in [0.5, 0.6) is 0 Å². The summed E-state index contributed by atoms with van der Waals surface area (Å²) in [6.45, 7) is 5.29. The molecule has 6 heteroatoms. The quantitative estimate of drug-likeness (QED) is 0.924. The Morgan fingerprint density at radius 1 is 1.14 bits per heavy atom. The molecule has 21 heavy (non-hydrogen) atoms. The summed E-state index contributed by atoms with van der Waals surface area (Å²) in [7, 11) is 0. The van der Waals surface area contributed by atoms with Gasteiger partial charge in [0.05, 0.1) is 0 Å². The van der Waals surface area contributed by atoms with Crippen molar-refractivity contribution in [2.75, 3.05) is 29.9 Å². The lowest BCUT2D eigenvalue weighted by molar-refractivity contribution is 0.535. The molecule has 1 N–H and O–H groups in total. The number of nitrogens with one attached hydrogen (secondary N) is 1. The van der Waals surface area contributed by atoms with Gasteiger partial charge in [-0.1, -0.05) is 13.3 Å². The van der Waals surface area contributed by atoms with E-state index >= 15 is 0 Å². The number of nitrogens with zero attached hydrogens (tertiary/aromatic N) is 4. The Labute approximate surface area is 131 Å². The molecule has 0 amide bonds. The fourth-order valence-corrected chi connectivity index (χ4v) is 3.56. The van der Waals surface area contributed by atoms with Crippen LogP contribution in [0.3, 0.4) is 0 Å². The van der Waals surface area contributed by atoms with Crippen LogP contribution in [0.2, 0.25) is 5.28 Å². The molecule has 1 saturated heterocycles. The Hall–Kier alpha value is -1.10. The van der Waals surface area contributed by atoms with Gasteiger partial charge in [0, 0.05) is 19.6 Å². The van der Waals surface area contributed by atoms with Gasteiger partial charge in [-0.05, 0) is 55.5 Å². The van der Waals surface area contributed by atoms with Gasteiger partial charge in [-0.25, -0.2) is 0 Å². The molecule has 2 atom stereocenters. The molecule has 2 aliphatic rings. The average molecular weight is 310 g/mol. The first-order valence-corrected chi connectivity index (χ1v) is 8.49. The van der Waals surface area contributed by atoms with Gasteiger partial charge < -0.3 is 10.2 Å². The van der Waals surface area contributed by atoms with E-state index in [0.717, 1.165) is 37.4 Å². The average Bonchev–Trinajstić information content (AvgIpc) is 2.91. The van der Waals surface area contributed by atoms with Gasteiger partial charge in [0.15, 0.2) is 0 Å². The molecule has 1 saturated carbocycles. The lowest BCUT2D eigenvalue weighted by atomic mass is 10.1. The van der Waals surface area contributed by atoms with Gasteiger partial charge in [-0.15, -0.1) is 0 Å². The van der Waals surface area contributed by atoms with Crippen LogP contribution in [-0.4, -0.2) is 34.6 Å². The molecule has 1 aromatic rings. The minimum Gasteiger partial charge on any atom is -0.354 e. The molecule has 1 aliphatic heterocycles. The van der Waals surface area contributed by atoms with Gasteiger partial charge in [-0.3, -0.25) is 0 Å². The number of hydrogen-bond acceptors (Lipinski definition) is 5. The largest absolute Gasteiger partial charge is 0.354 e. The van der Waals surface area contributed by atoms with Crippen molar-refractivity contribution in [3.8, 4) is 0 Å². The number of piperidine rings is 1. The second kappa shape index (κ2) is 6.77. The molecule has 1 aliphatic carbocycles. The fraction of sp³-hybridized carbons (Fsp3) is 0.800. The summed E-state index contributed by atoms with van der Waals surface area (Å²) in [6, 6.07) is 0. The van der Waals surface area contributed by atoms with Crippen molar-refractivity contribution in [2.24, 2.45) is 11.8 Å². The van der Waals surface area contributed by atoms with Gasteiger partial charge in [0.1, 0.15) is 0 Å². The van der Waals surface area contributed by atoms with Crippen molar-refractivity contribution >= 4 is 23.5 Å². The predicted molar refractivity (Wildman–Crippen MR) is 85.9 cm³/mol. The SMILES string of the molecule is CC1CCC(CNc2nc(Cl)nc(N3CCCCC3)n2)C1. The first-order chi connectivity index (χ1) is 10.2. The molecule has 2 fully saturated rings. The standard InChI is InChI=1S/C15H24ClN5/c1-11-5-6-12(9-11)10-17-14-18-13(16)19-15(20-14)21-7-3-2-4-8-21/h11-12H,2-10H2,1H3,(H,17,18,19,20). The van der Waals surface area contributed by atoms with Crippen molar-refractivity contribution in [3.05, 3.63) is 5.28 Å². The maximum Gasteiger partial charge on any atom is 0.231 e. The van der Waals surface area contributed by atoms with Crippen LogP contribution in [0.4, 0.5) is 11.9 Å². The molecular weight excluding hydrogens is 286 g/mol. The molecule has 2 heterocycles. The van der Waals surface area contributed by atoms with Gasteiger partial charge in [0.25, 0.3) is 0 Å². The summed E-state index contributed by atoms with van der Waals surface area (Å²) in [4.78, 5) is 15.2. The zero-order chi connectivity index (χ0) is 14.7.